The summed E-state index contributed by atoms with van der Waals surface area (Å²) in [6, 6.07) is 0.230. The van der Waals surface area contributed by atoms with Crippen molar-refractivity contribution in [3.63, 3.8) is 0 Å². The number of carbonyl (C=O) groups excluding carboxylic acids is 1. The van der Waals surface area contributed by atoms with Gasteiger partial charge in [-0.25, -0.2) is 0 Å². The quantitative estimate of drug-likeness (QED) is 0.725. The highest BCUT2D eigenvalue weighted by molar-refractivity contribution is 5.81. The molecule has 0 spiro atoms. The van der Waals surface area contributed by atoms with Crippen molar-refractivity contribution >= 4 is 5.91 Å². The number of nitrogens with zero attached hydrogens (tertiary/aromatic N) is 2. The molecule has 4 heteroatoms. The van der Waals surface area contributed by atoms with Gasteiger partial charge < -0.3 is 10.2 Å². The number of hydrogen-bond acceptors (Lipinski definition) is 3. The van der Waals surface area contributed by atoms with Crippen molar-refractivity contribution in [2.75, 3.05) is 33.2 Å². The normalized spacial score (nSPS) is 21.7. The molecule has 1 saturated heterocycles. The molecule has 1 amide bonds. The van der Waals surface area contributed by atoms with E-state index in [1.165, 1.54) is 0 Å². The third-order valence-corrected chi connectivity index (χ3v) is 2.90. The highest BCUT2D eigenvalue weighted by Gasteiger charge is 2.24. The number of likely N-dealkylation sites (N-methyl/N-ethyl adjacent to an activating group) is 1. The smallest absolute Gasteiger partial charge is 0.237 e. The third kappa shape index (κ3) is 3.80. The summed E-state index contributed by atoms with van der Waals surface area (Å²) in [7, 11) is 2.12. The summed E-state index contributed by atoms with van der Waals surface area (Å²) in [6.07, 6.45) is 0. The van der Waals surface area contributed by atoms with Gasteiger partial charge in [0, 0.05) is 32.2 Å². The monoisotopic (exact) mass is 213 g/mol. The van der Waals surface area contributed by atoms with E-state index >= 15 is 0 Å². The molecule has 0 radical (unpaired) electrons. The first-order valence-electron chi connectivity index (χ1n) is 5.73. The fraction of sp³-hybridized carbons (Fsp3) is 0.909. The Morgan fingerprint density at radius 1 is 1.13 bits per heavy atom. The highest BCUT2D eigenvalue weighted by atomic mass is 16.2. The summed E-state index contributed by atoms with van der Waals surface area (Å²) in [6.45, 7) is 10.1. The topological polar surface area (TPSA) is 35.6 Å². The van der Waals surface area contributed by atoms with Gasteiger partial charge in [0.25, 0.3) is 0 Å². The summed E-state index contributed by atoms with van der Waals surface area (Å²) in [4.78, 5) is 16.3. The zero-order valence-electron chi connectivity index (χ0n) is 10.3. The van der Waals surface area contributed by atoms with Gasteiger partial charge in [0.2, 0.25) is 5.91 Å². The zero-order chi connectivity index (χ0) is 11.4. The van der Waals surface area contributed by atoms with E-state index in [0.717, 1.165) is 26.2 Å². The van der Waals surface area contributed by atoms with E-state index in [2.05, 4.69) is 22.2 Å². The van der Waals surface area contributed by atoms with E-state index in [4.69, 9.17) is 0 Å². The molecular weight excluding hydrogens is 190 g/mol. The minimum absolute atomic E-state index is 0.00102. The summed E-state index contributed by atoms with van der Waals surface area (Å²) in [5, 5.41) is 2.96. The van der Waals surface area contributed by atoms with Gasteiger partial charge in [0.1, 0.15) is 0 Å². The summed E-state index contributed by atoms with van der Waals surface area (Å²) in [5.74, 6) is 0.148. The molecule has 1 atom stereocenters. The predicted octanol–water partition coefficient (Wildman–Crippen LogP) is 0.147. The van der Waals surface area contributed by atoms with Crippen molar-refractivity contribution in [2.24, 2.45) is 0 Å². The molecule has 1 aliphatic rings. The maximum Gasteiger partial charge on any atom is 0.237 e. The van der Waals surface area contributed by atoms with Crippen LogP contribution in [0, 0.1) is 0 Å². The van der Waals surface area contributed by atoms with Crippen LogP contribution in [-0.4, -0.2) is 61.0 Å². The molecule has 1 N–H and O–H groups in total. The summed E-state index contributed by atoms with van der Waals surface area (Å²) >= 11 is 0. The standard InChI is InChI=1S/C11H23N3O/c1-9(2)12-11(15)10(3)14-7-5-13(4)6-8-14/h9-10H,5-8H2,1-4H3,(H,12,15)/t10-/m0/s1. The van der Waals surface area contributed by atoms with Gasteiger partial charge in [0.15, 0.2) is 0 Å². The van der Waals surface area contributed by atoms with Gasteiger partial charge >= 0.3 is 0 Å². The second kappa shape index (κ2) is 5.47. The van der Waals surface area contributed by atoms with Crippen molar-refractivity contribution in [3.05, 3.63) is 0 Å². The number of amides is 1. The summed E-state index contributed by atoms with van der Waals surface area (Å²) < 4.78 is 0. The van der Waals surface area contributed by atoms with Gasteiger partial charge in [-0.15, -0.1) is 0 Å². The number of hydrogen-bond donors (Lipinski definition) is 1. The average Bonchev–Trinajstić information content (AvgIpc) is 2.17. The minimum Gasteiger partial charge on any atom is -0.353 e. The lowest BCUT2D eigenvalue weighted by molar-refractivity contribution is -0.127. The molecule has 1 heterocycles. The maximum absolute atomic E-state index is 11.8. The van der Waals surface area contributed by atoms with E-state index in [1.54, 1.807) is 0 Å². The van der Waals surface area contributed by atoms with Crippen LogP contribution in [0.25, 0.3) is 0 Å². The molecule has 15 heavy (non-hydrogen) atoms. The lowest BCUT2D eigenvalue weighted by Crippen LogP contribution is -2.53. The van der Waals surface area contributed by atoms with Gasteiger partial charge in [-0.3, -0.25) is 9.69 Å². The van der Waals surface area contributed by atoms with Crippen LogP contribution in [-0.2, 0) is 4.79 Å². The molecule has 0 aromatic heterocycles. The Kier molecular flexibility index (Phi) is 4.54. The number of nitrogens with one attached hydrogen (secondary N) is 1. The van der Waals surface area contributed by atoms with Crippen LogP contribution in [0.1, 0.15) is 20.8 Å². The Bertz CT molecular complexity index is 210. The Morgan fingerprint density at radius 2 is 1.67 bits per heavy atom. The van der Waals surface area contributed by atoms with Gasteiger partial charge in [-0.1, -0.05) is 0 Å². The number of carbonyl (C=O) groups is 1. The molecule has 0 aliphatic carbocycles. The summed E-state index contributed by atoms with van der Waals surface area (Å²) in [5.41, 5.74) is 0. The Balaban J connectivity index is 2.39. The molecular formula is C11H23N3O. The maximum atomic E-state index is 11.8. The first kappa shape index (κ1) is 12.5. The van der Waals surface area contributed by atoms with Crippen molar-refractivity contribution in [1.29, 1.82) is 0 Å². The molecule has 0 bridgehead atoms. The van der Waals surface area contributed by atoms with E-state index in [9.17, 15) is 4.79 Å². The van der Waals surface area contributed by atoms with Crippen molar-refractivity contribution < 1.29 is 4.79 Å². The largest absolute Gasteiger partial charge is 0.353 e. The molecule has 1 rings (SSSR count). The third-order valence-electron chi connectivity index (χ3n) is 2.90. The van der Waals surface area contributed by atoms with Crippen molar-refractivity contribution in [2.45, 2.75) is 32.9 Å². The van der Waals surface area contributed by atoms with E-state index < -0.39 is 0 Å². The van der Waals surface area contributed by atoms with Crippen LogP contribution in [0.4, 0.5) is 0 Å². The second-order valence-corrected chi connectivity index (χ2v) is 4.68. The fourth-order valence-electron chi connectivity index (χ4n) is 1.78. The van der Waals surface area contributed by atoms with Crippen LogP contribution in [0.3, 0.4) is 0 Å². The van der Waals surface area contributed by atoms with E-state index in [-0.39, 0.29) is 18.0 Å². The molecule has 0 saturated carbocycles. The van der Waals surface area contributed by atoms with Gasteiger partial charge in [-0.05, 0) is 27.8 Å². The highest BCUT2D eigenvalue weighted by Crippen LogP contribution is 2.05. The fourth-order valence-corrected chi connectivity index (χ4v) is 1.78. The predicted molar refractivity (Wildman–Crippen MR) is 61.8 cm³/mol. The average molecular weight is 213 g/mol. The van der Waals surface area contributed by atoms with E-state index in [1.807, 2.05) is 20.8 Å². The SMILES string of the molecule is CC(C)NC(=O)[C@H](C)N1CCN(C)CC1. The van der Waals surface area contributed by atoms with Crippen LogP contribution >= 0.6 is 0 Å². The van der Waals surface area contributed by atoms with Crippen molar-refractivity contribution in [3.8, 4) is 0 Å². The zero-order valence-corrected chi connectivity index (χ0v) is 10.3. The second-order valence-electron chi connectivity index (χ2n) is 4.68. The number of piperazine rings is 1. The molecule has 0 unspecified atom stereocenters. The van der Waals surface area contributed by atoms with Gasteiger partial charge in [0.05, 0.1) is 6.04 Å². The Morgan fingerprint density at radius 3 is 2.13 bits per heavy atom. The first-order valence-corrected chi connectivity index (χ1v) is 5.73. The van der Waals surface area contributed by atoms with Crippen LogP contribution in [0.15, 0.2) is 0 Å². The van der Waals surface area contributed by atoms with Crippen LogP contribution in [0.5, 0.6) is 0 Å². The molecule has 4 nitrogen and oxygen atoms in total. The lowest BCUT2D eigenvalue weighted by atomic mass is 10.2. The minimum atomic E-state index is 0.00102. The molecule has 0 aromatic rings. The number of rotatable bonds is 3. The molecule has 1 aliphatic heterocycles. The molecule has 1 fully saturated rings. The lowest BCUT2D eigenvalue weighted by Gasteiger charge is -2.35. The Hall–Kier alpha value is -0.610. The molecule has 0 aromatic carbocycles. The first-order chi connectivity index (χ1) is 7.00. The van der Waals surface area contributed by atoms with Crippen LogP contribution in [0.2, 0.25) is 0 Å². The molecule has 88 valence electrons. The van der Waals surface area contributed by atoms with Gasteiger partial charge in [-0.2, -0.15) is 0 Å². The Labute approximate surface area is 92.6 Å². The van der Waals surface area contributed by atoms with E-state index in [0.29, 0.717) is 0 Å². The van der Waals surface area contributed by atoms with Crippen molar-refractivity contribution in [1.82, 2.24) is 15.1 Å². The van der Waals surface area contributed by atoms with Crippen LogP contribution < -0.4 is 5.32 Å².